The highest BCUT2D eigenvalue weighted by Crippen LogP contribution is 2.24. The maximum atomic E-state index is 10.8. The Bertz CT molecular complexity index is 965. The van der Waals surface area contributed by atoms with Crippen LogP contribution in [0.4, 0.5) is 5.69 Å². The van der Waals surface area contributed by atoms with E-state index >= 15 is 0 Å². The van der Waals surface area contributed by atoms with Gasteiger partial charge in [-0.05, 0) is 31.0 Å². The van der Waals surface area contributed by atoms with Crippen molar-refractivity contribution in [2.45, 2.75) is 52.6 Å². The van der Waals surface area contributed by atoms with E-state index in [2.05, 4.69) is 60.6 Å². The van der Waals surface area contributed by atoms with Crippen LogP contribution in [0.25, 0.3) is 11.5 Å². The van der Waals surface area contributed by atoms with Crippen molar-refractivity contribution >= 4 is 5.69 Å². The van der Waals surface area contributed by atoms with Gasteiger partial charge in [-0.2, -0.15) is 0 Å². The van der Waals surface area contributed by atoms with Gasteiger partial charge in [-0.15, -0.1) is 10.2 Å². The highest BCUT2D eigenvalue weighted by Gasteiger charge is 2.26. The number of nitrogens with zero attached hydrogens (tertiary/aromatic N) is 3. The molecule has 7 heteroatoms. The molecule has 0 aliphatic heterocycles. The van der Waals surface area contributed by atoms with Gasteiger partial charge in [0.25, 0.3) is 11.6 Å². The van der Waals surface area contributed by atoms with Crippen LogP contribution < -0.4 is 5.32 Å². The molecule has 2 atom stereocenters. The van der Waals surface area contributed by atoms with Crippen LogP contribution in [-0.2, 0) is 6.42 Å². The Labute approximate surface area is 176 Å². The molecule has 3 aromatic rings. The van der Waals surface area contributed by atoms with Gasteiger partial charge in [-0.3, -0.25) is 10.1 Å². The minimum absolute atomic E-state index is 0.0213. The number of aryl methyl sites for hydroxylation is 1. The largest absolute Gasteiger partial charge is 0.415 e. The molecule has 7 nitrogen and oxygen atoms in total. The van der Waals surface area contributed by atoms with Crippen molar-refractivity contribution in [1.82, 2.24) is 10.2 Å². The number of rotatable bonds is 9. The zero-order chi connectivity index (χ0) is 21.7. The van der Waals surface area contributed by atoms with Crippen LogP contribution in [0, 0.1) is 16.0 Å². The molecule has 2 N–H and O–H groups in total. The minimum Gasteiger partial charge on any atom is -0.415 e. The molecule has 0 fully saturated rings. The summed E-state index contributed by atoms with van der Waals surface area (Å²) in [5.74, 6) is 1.34. The summed E-state index contributed by atoms with van der Waals surface area (Å²) in [4.78, 5) is 10.4. The van der Waals surface area contributed by atoms with E-state index in [4.69, 9.17) is 4.42 Å². The standard InChI is InChI=1S/C23H28N4O3/c1-5-6-17-7-9-18(10-8-17)21(15(2)3)24-16(4)22-25-26-23(30-22)19-11-13-20(14-12-19)27(28)29/h7-16,21,24H,5-6H2,1-4H3/p+1/t16-,21-/m0/s1. The van der Waals surface area contributed by atoms with Gasteiger partial charge >= 0.3 is 0 Å². The predicted octanol–water partition coefficient (Wildman–Crippen LogP) is 4.62. The highest BCUT2D eigenvalue weighted by atomic mass is 16.6. The Hall–Kier alpha value is -3.06. The third-order valence-corrected chi connectivity index (χ3v) is 5.27. The third-order valence-electron chi connectivity index (χ3n) is 5.27. The smallest absolute Gasteiger partial charge is 0.274 e. The molecule has 1 heterocycles. The number of hydrogen-bond donors (Lipinski definition) is 1. The zero-order valence-corrected chi connectivity index (χ0v) is 17.9. The van der Waals surface area contributed by atoms with E-state index in [1.807, 2.05) is 6.92 Å². The number of nitro groups is 1. The van der Waals surface area contributed by atoms with Crippen LogP contribution in [0.2, 0.25) is 0 Å². The number of non-ortho nitro benzene ring substituents is 1. The first-order chi connectivity index (χ1) is 14.4. The van der Waals surface area contributed by atoms with Gasteiger partial charge in [0.15, 0.2) is 6.04 Å². The summed E-state index contributed by atoms with van der Waals surface area (Å²) in [5, 5.41) is 21.4. The van der Waals surface area contributed by atoms with E-state index in [9.17, 15) is 10.1 Å². The second-order valence-corrected chi connectivity index (χ2v) is 7.99. The number of nitrogens with two attached hydrogens (primary N) is 1. The van der Waals surface area contributed by atoms with E-state index in [-0.39, 0.29) is 17.8 Å². The average Bonchev–Trinajstić information content (AvgIpc) is 3.23. The summed E-state index contributed by atoms with van der Waals surface area (Å²) >= 11 is 0. The van der Waals surface area contributed by atoms with Crippen LogP contribution in [-0.4, -0.2) is 15.1 Å². The first kappa shape index (κ1) is 21.6. The molecular weight excluding hydrogens is 380 g/mol. The molecule has 3 rings (SSSR count). The molecule has 0 radical (unpaired) electrons. The van der Waals surface area contributed by atoms with Crippen molar-refractivity contribution in [2.75, 3.05) is 0 Å². The Balaban J connectivity index is 1.73. The highest BCUT2D eigenvalue weighted by molar-refractivity contribution is 5.55. The zero-order valence-electron chi connectivity index (χ0n) is 17.9. The molecule has 0 spiro atoms. The van der Waals surface area contributed by atoms with Crippen LogP contribution >= 0.6 is 0 Å². The van der Waals surface area contributed by atoms with Gasteiger partial charge < -0.3 is 9.73 Å². The summed E-state index contributed by atoms with van der Waals surface area (Å²) in [5.41, 5.74) is 3.34. The summed E-state index contributed by atoms with van der Waals surface area (Å²) in [6, 6.07) is 15.2. The first-order valence-corrected chi connectivity index (χ1v) is 10.4. The van der Waals surface area contributed by atoms with Crippen LogP contribution in [0.5, 0.6) is 0 Å². The predicted molar refractivity (Wildman–Crippen MR) is 115 cm³/mol. The van der Waals surface area contributed by atoms with E-state index in [0.717, 1.165) is 12.8 Å². The van der Waals surface area contributed by atoms with Crippen LogP contribution in [0.3, 0.4) is 0 Å². The van der Waals surface area contributed by atoms with Gasteiger partial charge in [0, 0.05) is 29.2 Å². The molecule has 0 saturated carbocycles. The summed E-state index contributed by atoms with van der Waals surface area (Å²) < 4.78 is 5.88. The fourth-order valence-corrected chi connectivity index (χ4v) is 3.57. The normalized spacial score (nSPS) is 13.4. The third kappa shape index (κ3) is 5.10. The van der Waals surface area contributed by atoms with Gasteiger partial charge in [-0.1, -0.05) is 51.5 Å². The summed E-state index contributed by atoms with van der Waals surface area (Å²) in [6.07, 6.45) is 2.24. The van der Waals surface area contributed by atoms with Crippen molar-refractivity contribution in [1.29, 1.82) is 0 Å². The number of nitro benzene ring substituents is 1. The molecule has 0 bridgehead atoms. The van der Waals surface area contributed by atoms with Gasteiger partial charge in [-0.25, -0.2) is 0 Å². The maximum absolute atomic E-state index is 10.8. The molecule has 0 saturated heterocycles. The Morgan fingerprint density at radius 2 is 1.70 bits per heavy atom. The molecule has 0 aliphatic carbocycles. The number of quaternary nitrogens is 1. The van der Waals surface area contributed by atoms with Crippen molar-refractivity contribution in [3.8, 4) is 11.5 Å². The number of aromatic nitrogens is 2. The number of benzene rings is 2. The van der Waals surface area contributed by atoms with E-state index < -0.39 is 4.92 Å². The summed E-state index contributed by atoms with van der Waals surface area (Å²) in [6.45, 7) is 8.66. The minimum atomic E-state index is -0.430. The lowest BCUT2D eigenvalue weighted by Crippen LogP contribution is -2.86. The second kappa shape index (κ2) is 9.63. The maximum Gasteiger partial charge on any atom is 0.274 e. The topological polar surface area (TPSA) is 98.7 Å². The van der Waals surface area contributed by atoms with Crippen LogP contribution in [0.1, 0.15) is 63.2 Å². The molecule has 0 amide bonds. The van der Waals surface area contributed by atoms with Gasteiger partial charge in [0.1, 0.15) is 6.04 Å². The Morgan fingerprint density at radius 3 is 2.27 bits per heavy atom. The molecule has 2 aromatic carbocycles. The average molecular weight is 410 g/mol. The Kier molecular flexibility index (Phi) is 6.95. The van der Waals surface area contributed by atoms with Crippen molar-refractivity contribution < 1.29 is 14.7 Å². The van der Waals surface area contributed by atoms with Crippen molar-refractivity contribution in [3.63, 3.8) is 0 Å². The first-order valence-electron chi connectivity index (χ1n) is 10.4. The number of hydrogen-bond acceptors (Lipinski definition) is 5. The van der Waals surface area contributed by atoms with E-state index in [0.29, 0.717) is 23.3 Å². The van der Waals surface area contributed by atoms with E-state index in [1.165, 1.54) is 23.3 Å². The molecule has 30 heavy (non-hydrogen) atoms. The molecule has 0 aliphatic rings. The fraction of sp³-hybridized carbons (Fsp3) is 0.391. The summed E-state index contributed by atoms with van der Waals surface area (Å²) in [7, 11) is 0. The van der Waals surface area contributed by atoms with Gasteiger partial charge in [0.05, 0.1) is 4.92 Å². The lowest BCUT2D eigenvalue weighted by atomic mass is 9.94. The monoisotopic (exact) mass is 409 g/mol. The lowest BCUT2D eigenvalue weighted by Gasteiger charge is -2.22. The van der Waals surface area contributed by atoms with Gasteiger partial charge in [0.2, 0.25) is 5.89 Å². The Morgan fingerprint density at radius 1 is 1.03 bits per heavy atom. The molecule has 0 unspecified atom stereocenters. The molecule has 1 aromatic heterocycles. The molecular formula is C23H29N4O3+. The molecule has 158 valence electrons. The van der Waals surface area contributed by atoms with Crippen molar-refractivity contribution in [2.24, 2.45) is 5.92 Å². The second-order valence-electron chi connectivity index (χ2n) is 7.99. The SMILES string of the molecule is CCCc1ccc([C@@H]([NH2+][C@@H](C)c2nnc(-c3ccc([N+](=O)[O-])cc3)o2)C(C)C)cc1. The fourth-order valence-electron chi connectivity index (χ4n) is 3.57. The lowest BCUT2D eigenvalue weighted by molar-refractivity contribution is -0.739. The van der Waals surface area contributed by atoms with E-state index in [1.54, 1.807) is 12.1 Å². The quantitative estimate of drug-likeness (QED) is 0.411. The van der Waals surface area contributed by atoms with Crippen molar-refractivity contribution in [3.05, 3.63) is 75.7 Å². The van der Waals surface area contributed by atoms with Crippen LogP contribution in [0.15, 0.2) is 52.9 Å².